The van der Waals surface area contributed by atoms with Crippen molar-refractivity contribution in [2.24, 2.45) is 0 Å². The van der Waals surface area contributed by atoms with E-state index in [0.29, 0.717) is 6.04 Å². The first-order valence-electron chi connectivity index (χ1n) is 8.11. The molecule has 0 aliphatic rings. The zero-order valence-corrected chi connectivity index (χ0v) is 13.3. The molecule has 112 valence electrons. The van der Waals surface area contributed by atoms with E-state index in [4.69, 9.17) is 0 Å². The molecule has 0 saturated carbocycles. The Kier molecular flexibility index (Phi) is 6.49. The van der Waals surface area contributed by atoms with Crippen LogP contribution in [0.15, 0.2) is 54.6 Å². The van der Waals surface area contributed by atoms with Crippen molar-refractivity contribution in [1.29, 1.82) is 0 Å². The lowest BCUT2D eigenvalue weighted by Gasteiger charge is -2.19. The molecule has 21 heavy (non-hydrogen) atoms. The number of nitrogens with one attached hydrogen (secondary N) is 1. The van der Waals surface area contributed by atoms with E-state index in [0.717, 1.165) is 19.4 Å². The van der Waals surface area contributed by atoms with Crippen LogP contribution in [0.2, 0.25) is 0 Å². The molecule has 0 radical (unpaired) electrons. The Morgan fingerprint density at radius 2 is 1.67 bits per heavy atom. The van der Waals surface area contributed by atoms with E-state index in [-0.39, 0.29) is 0 Å². The molecule has 0 aliphatic heterocycles. The largest absolute Gasteiger partial charge is 0.314 e. The Hall–Kier alpha value is -1.60. The Morgan fingerprint density at radius 3 is 2.38 bits per heavy atom. The maximum atomic E-state index is 3.71. The monoisotopic (exact) mass is 281 g/mol. The Balaban J connectivity index is 1.94. The highest BCUT2D eigenvalue weighted by Gasteiger charge is 2.09. The Bertz CT molecular complexity index is 518. The Morgan fingerprint density at radius 1 is 0.952 bits per heavy atom. The van der Waals surface area contributed by atoms with Gasteiger partial charge in [-0.3, -0.25) is 0 Å². The van der Waals surface area contributed by atoms with Crippen molar-refractivity contribution in [2.45, 2.75) is 45.6 Å². The Labute approximate surface area is 129 Å². The summed E-state index contributed by atoms with van der Waals surface area (Å²) >= 11 is 0. The van der Waals surface area contributed by atoms with E-state index >= 15 is 0 Å². The molecule has 1 N–H and O–H groups in total. The van der Waals surface area contributed by atoms with Crippen molar-refractivity contribution in [1.82, 2.24) is 5.32 Å². The standard InChI is InChI=1S/C20H27N/c1-3-15-21-20(16-18-10-5-4-6-11-18)14-13-19-12-8-7-9-17(19)2/h4-12,20-21H,3,13-16H2,1-2H3. The fourth-order valence-corrected chi connectivity index (χ4v) is 2.74. The molecular formula is C20H27N. The van der Waals surface area contributed by atoms with Crippen LogP contribution in [0.25, 0.3) is 0 Å². The van der Waals surface area contributed by atoms with Crippen molar-refractivity contribution >= 4 is 0 Å². The first-order chi connectivity index (χ1) is 10.3. The predicted octanol–water partition coefficient (Wildman–Crippen LogP) is 4.54. The fourth-order valence-electron chi connectivity index (χ4n) is 2.74. The third-order valence-electron chi connectivity index (χ3n) is 4.03. The van der Waals surface area contributed by atoms with E-state index < -0.39 is 0 Å². The average molecular weight is 281 g/mol. The van der Waals surface area contributed by atoms with Gasteiger partial charge in [-0.25, -0.2) is 0 Å². The first-order valence-corrected chi connectivity index (χ1v) is 8.11. The number of benzene rings is 2. The molecule has 1 atom stereocenters. The van der Waals surface area contributed by atoms with Gasteiger partial charge in [0, 0.05) is 6.04 Å². The SMILES string of the molecule is CCCNC(CCc1ccccc1C)Cc1ccccc1. The van der Waals surface area contributed by atoms with Crippen molar-refractivity contribution in [3.8, 4) is 0 Å². The van der Waals surface area contributed by atoms with Crippen LogP contribution in [0.5, 0.6) is 0 Å². The fraction of sp³-hybridized carbons (Fsp3) is 0.400. The summed E-state index contributed by atoms with van der Waals surface area (Å²) in [4.78, 5) is 0. The molecule has 0 amide bonds. The second-order valence-electron chi connectivity index (χ2n) is 5.81. The van der Waals surface area contributed by atoms with Crippen LogP contribution in [0, 0.1) is 6.92 Å². The summed E-state index contributed by atoms with van der Waals surface area (Å²) in [6.45, 7) is 5.54. The highest BCUT2D eigenvalue weighted by molar-refractivity contribution is 5.25. The first kappa shape index (κ1) is 15.8. The number of aryl methyl sites for hydroxylation is 2. The molecule has 2 rings (SSSR count). The molecule has 0 spiro atoms. The highest BCUT2D eigenvalue weighted by Crippen LogP contribution is 2.13. The number of hydrogen-bond donors (Lipinski definition) is 1. The van der Waals surface area contributed by atoms with Gasteiger partial charge < -0.3 is 5.32 Å². The molecule has 0 saturated heterocycles. The second-order valence-corrected chi connectivity index (χ2v) is 5.81. The lowest BCUT2D eigenvalue weighted by atomic mass is 9.97. The van der Waals surface area contributed by atoms with Gasteiger partial charge >= 0.3 is 0 Å². The molecule has 0 aromatic heterocycles. The average Bonchev–Trinajstić information content (AvgIpc) is 2.52. The summed E-state index contributed by atoms with van der Waals surface area (Å²) in [5, 5.41) is 3.71. The third-order valence-corrected chi connectivity index (χ3v) is 4.03. The van der Waals surface area contributed by atoms with Gasteiger partial charge in [-0.15, -0.1) is 0 Å². The molecule has 2 aromatic rings. The summed E-state index contributed by atoms with van der Waals surface area (Å²) < 4.78 is 0. The smallest absolute Gasteiger partial charge is 0.0111 e. The van der Waals surface area contributed by atoms with Crippen LogP contribution in [-0.2, 0) is 12.8 Å². The third kappa shape index (κ3) is 5.35. The zero-order valence-electron chi connectivity index (χ0n) is 13.3. The van der Waals surface area contributed by atoms with E-state index in [1.54, 1.807) is 0 Å². The summed E-state index contributed by atoms with van der Waals surface area (Å²) in [7, 11) is 0. The van der Waals surface area contributed by atoms with Crippen LogP contribution in [0.4, 0.5) is 0 Å². The van der Waals surface area contributed by atoms with Crippen LogP contribution in [0.3, 0.4) is 0 Å². The van der Waals surface area contributed by atoms with Gasteiger partial charge in [0.15, 0.2) is 0 Å². The lowest BCUT2D eigenvalue weighted by Crippen LogP contribution is -2.32. The molecule has 1 unspecified atom stereocenters. The zero-order chi connectivity index (χ0) is 14.9. The van der Waals surface area contributed by atoms with Crippen LogP contribution in [0.1, 0.15) is 36.5 Å². The quantitative estimate of drug-likeness (QED) is 0.749. The van der Waals surface area contributed by atoms with Crippen molar-refractivity contribution in [3.63, 3.8) is 0 Å². The summed E-state index contributed by atoms with van der Waals surface area (Å²) in [5.74, 6) is 0. The molecule has 1 heteroatoms. The molecule has 2 aromatic carbocycles. The maximum absolute atomic E-state index is 3.71. The number of rotatable bonds is 8. The van der Waals surface area contributed by atoms with E-state index in [2.05, 4.69) is 73.8 Å². The van der Waals surface area contributed by atoms with Gasteiger partial charge in [-0.05, 0) is 55.8 Å². The molecule has 1 nitrogen and oxygen atoms in total. The van der Waals surface area contributed by atoms with Crippen LogP contribution < -0.4 is 5.32 Å². The molecule has 0 heterocycles. The minimum atomic E-state index is 0.562. The summed E-state index contributed by atoms with van der Waals surface area (Å²) in [6, 6.07) is 20.1. The van der Waals surface area contributed by atoms with Crippen molar-refractivity contribution in [2.75, 3.05) is 6.54 Å². The molecule has 0 aliphatic carbocycles. The van der Waals surface area contributed by atoms with Gasteiger partial charge in [0.25, 0.3) is 0 Å². The van der Waals surface area contributed by atoms with Crippen molar-refractivity contribution < 1.29 is 0 Å². The molecular weight excluding hydrogens is 254 g/mol. The second kappa shape index (κ2) is 8.63. The van der Waals surface area contributed by atoms with Crippen LogP contribution in [-0.4, -0.2) is 12.6 Å². The highest BCUT2D eigenvalue weighted by atomic mass is 14.9. The molecule has 0 fully saturated rings. The van der Waals surface area contributed by atoms with E-state index in [1.807, 2.05) is 0 Å². The van der Waals surface area contributed by atoms with Gasteiger partial charge in [0.1, 0.15) is 0 Å². The summed E-state index contributed by atoms with van der Waals surface area (Å²) in [5.41, 5.74) is 4.32. The molecule has 0 bridgehead atoms. The minimum absolute atomic E-state index is 0.562. The van der Waals surface area contributed by atoms with Crippen molar-refractivity contribution in [3.05, 3.63) is 71.3 Å². The normalized spacial score (nSPS) is 12.3. The topological polar surface area (TPSA) is 12.0 Å². The van der Waals surface area contributed by atoms with Crippen LogP contribution >= 0.6 is 0 Å². The van der Waals surface area contributed by atoms with Gasteiger partial charge in [0.2, 0.25) is 0 Å². The van der Waals surface area contributed by atoms with Gasteiger partial charge in [-0.1, -0.05) is 61.5 Å². The lowest BCUT2D eigenvalue weighted by molar-refractivity contribution is 0.477. The maximum Gasteiger partial charge on any atom is 0.0111 e. The van der Waals surface area contributed by atoms with Gasteiger partial charge in [0.05, 0.1) is 0 Å². The number of hydrogen-bond acceptors (Lipinski definition) is 1. The minimum Gasteiger partial charge on any atom is -0.314 e. The predicted molar refractivity (Wildman–Crippen MR) is 91.7 cm³/mol. The van der Waals surface area contributed by atoms with E-state index in [1.165, 1.54) is 29.5 Å². The van der Waals surface area contributed by atoms with E-state index in [9.17, 15) is 0 Å². The summed E-state index contributed by atoms with van der Waals surface area (Å²) in [6.07, 6.45) is 4.66. The van der Waals surface area contributed by atoms with Gasteiger partial charge in [-0.2, -0.15) is 0 Å².